The van der Waals surface area contributed by atoms with E-state index >= 15 is 0 Å². The second-order valence-electron chi connectivity index (χ2n) is 3.05. The lowest BCUT2D eigenvalue weighted by atomic mass is 10.3. The Bertz CT molecular complexity index is 338. The molecule has 0 aliphatic heterocycles. The highest BCUT2D eigenvalue weighted by molar-refractivity contribution is 5.48. The Morgan fingerprint density at radius 2 is 1.87 bits per heavy atom. The normalized spacial score (nSPS) is 10.2. The Morgan fingerprint density at radius 3 is 2.33 bits per heavy atom. The van der Waals surface area contributed by atoms with Crippen LogP contribution in [0.5, 0.6) is 0 Å². The average molecular weight is 215 g/mol. The van der Waals surface area contributed by atoms with Gasteiger partial charge < -0.3 is 10.2 Å². The Labute approximate surface area is 88.1 Å². The van der Waals surface area contributed by atoms with Crippen LogP contribution in [0.4, 0.5) is 20.4 Å². The van der Waals surface area contributed by atoms with Crippen molar-refractivity contribution in [2.45, 2.75) is 13.8 Å². The van der Waals surface area contributed by atoms with Crippen molar-refractivity contribution >= 4 is 11.6 Å². The van der Waals surface area contributed by atoms with E-state index in [1.165, 1.54) is 0 Å². The highest BCUT2D eigenvalue weighted by atomic mass is 19.1. The fourth-order valence-electron chi connectivity index (χ4n) is 1.38. The minimum Gasteiger partial charge on any atom is -0.371 e. The van der Waals surface area contributed by atoms with Gasteiger partial charge in [0.1, 0.15) is 0 Å². The van der Waals surface area contributed by atoms with Gasteiger partial charge in [-0.25, -0.2) is 13.8 Å². The first kappa shape index (κ1) is 11.7. The SMILES string of the molecule is CCN(CC)c1nc(NC)c(F)cc1F. The summed E-state index contributed by atoms with van der Waals surface area (Å²) in [6.45, 7) is 5.06. The largest absolute Gasteiger partial charge is 0.371 e. The van der Waals surface area contributed by atoms with Crippen molar-refractivity contribution in [1.82, 2.24) is 4.98 Å². The molecular weight excluding hydrogens is 200 g/mol. The molecule has 0 fully saturated rings. The zero-order valence-electron chi connectivity index (χ0n) is 9.14. The molecule has 0 spiro atoms. The van der Waals surface area contributed by atoms with Crippen molar-refractivity contribution in [3.05, 3.63) is 17.7 Å². The van der Waals surface area contributed by atoms with E-state index in [4.69, 9.17) is 0 Å². The van der Waals surface area contributed by atoms with Gasteiger partial charge in [0, 0.05) is 26.2 Å². The Balaban J connectivity index is 3.17. The molecule has 15 heavy (non-hydrogen) atoms. The molecule has 0 radical (unpaired) electrons. The van der Waals surface area contributed by atoms with Gasteiger partial charge in [-0.05, 0) is 13.8 Å². The van der Waals surface area contributed by atoms with E-state index in [9.17, 15) is 8.78 Å². The minimum atomic E-state index is -0.675. The highest BCUT2D eigenvalue weighted by Crippen LogP contribution is 2.21. The van der Waals surface area contributed by atoms with Gasteiger partial charge in [-0.15, -0.1) is 0 Å². The van der Waals surface area contributed by atoms with E-state index in [-0.39, 0.29) is 11.6 Å². The molecule has 0 amide bonds. The number of hydrogen-bond donors (Lipinski definition) is 1. The highest BCUT2D eigenvalue weighted by Gasteiger charge is 2.14. The molecule has 1 N–H and O–H groups in total. The minimum absolute atomic E-state index is 0.0679. The summed E-state index contributed by atoms with van der Waals surface area (Å²) in [4.78, 5) is 5.63. The van der Waals surface area contributed by atoms with Crippen LogP contribution in [0.3, 0.4) is 0 Å². The monoisotopic (exact) mass is 215 g/mol. The zero-order chi connectivity index (χ0) is 11.4. The lowest BCUT2D eigenvalue weighted by Crippen LogP contribution is -2.24. The van der Waals surface area contributed by atoms with Crippen molar-refractivity contribution < 1.29 is 8.78 Å². The number of halogens is 2. The number of hydrogen-bond acceptors (Lipinski definition) is 3. The molecule has 1 rings (SSSR count). The second-order valence-corrected chi connectivity index (χ2v) is 3.05. The molecule has 0 aliphatic carbocycles. The quantitative estimate of drug-likeness (QED) is 0.835. The number of nitrogens with zero attached hydrogens (tertiary/aromatic N) is 2. The Hall–Kier alpha value is -1.39. The maximum atomic E-state index is 13.4. The number of anilines is 2. The van der Waals surface area contributed by atoms with Gasteiger partial charge in [-0.1, -0.05) is 0 Å². The second kappa shape index (κ2) is 4.91. The molecule has 5 heteroatoms. The predicted octanol–water partition coefficient (Wildman–Crippen LogP) is 2.25. The summed E-state index contributed by atoms with van der Waals surface area (Å²) in [5.74, 6) is -1.05. The van der Waals surface area contributed by atoms with E-state index in [2.05, 4.69) is 10.3 Å². The summed E-state index contributed by atoms with van der Waals surface area (Å²) in [6, 6.07) is 0.854. The van der Waals surface area contributed by atoms with Gasteiger partial charge in [0.05, 0.1) is 0 Å². The number of pyridine rings is 1. The van der Waals surface area contributed by atoms with Crippen molar-refractivity contribution in [2.75, 3.05) is 30.4 Å². The van der Waals surface area contributed by atoms with Crippen LogP contribution >= 0.6 is 0 Å². The van der Waals surface area contributed by atoms with E-state index in [1.807, 2.05) is 13.8 Å². The Kier molecular flexibility index (Phi) is 3.82. The van der Waals surface area contributed by atoms with Crippen LogP contribution < -0.4 is 10.2 Å². The molecule has 1 aromatic heterocycles. The standard InChI is InChI=1S/C10H15F2N3/c1-4-15(5-2)10-8(12)6-7(11)9(13-3)14-10/h6H,4-5H2,1-3H3,(H,13,14). The molecular formula is C10H15F2N3. The number of nitrogens with one attached hydrogen (secondary N) is 1. The molecule has 0 unspecified atom stereocenters. The maximum absolute atomic E-state index is 13.4. The first-order valence-electron chi connectivity index (χ1n) is 4.92. The predicted molar refractivity (Wildman–Crippen MR) is 57.3 cm³/mol. The topological polar surface area (TPSA) is 28.2 Å². The fourth-order valence-corrected chi connectivity index (χ4v) is 1.38. The van der Waals surface area contributed by atoms with Crippen LogP contribution in [0.15, 0.2) is 6.07 Å². The molecule has 0 aromatic carbocycles. The molecule has 3 nitrogen and oxygen atoms in total. The third kappa shape index (κ3) is 2.34. The summed E-state index contributed by atoms with van der Waals surface area (Å²) < 4.78 is 26.5. The lowest BCUT2D eigenvalue weighted by molar-refractivity contribution is 0.571. The van der Waals surface area contributed by atoms with Crippen LogP contribution in [0.25, 0.3) is 0 Å². The van der Waals surface area contributed by atoms with Crippen molar-refractivity contribution in [1.29, 1.82) is 0 Å². The maximum Gasteiger partial charge on any atom is 0.168 e. The summed E-state index contributed by atoms with van der Waals surface area (Å²) in [5, 5.41) is 2.59. The number of rotatable bonds is 4. The first-order valence-corrected chi connectivity index (χ1v) is 4.92. The zero-order valence-corrected chi connectivity index (χ0v) is 9.14. The van der Waals surface area contributed by atoms with Crippen molar-refractivity contribution in [3.63, 3.8) is 0 Å². The van der Waals surface area contributed by atoms with Crippen LogP contribution in [0.2, 0.25) is 0 Å². The molecule has 0 bridgehead atoms. The van der Waals surface area contributed by atoms with Gasteiger partial charge >= 0.3 is 0 Å². The summed E-state index contributed by atoms with van der Waals surface area (Å²) in [6.07, 6.45) is 0. The lowest BCUT2D eigenvalue weighted by Gasteiger charge is -2.20. The van der Waals surface area contributed by atoms with Crippen LogP contribution in [-0.4, -0.2) is 25.1 Å². The van der Waals surface area contributed by atoms with Crippen LogP contribution in [0, 0.1) is 11.6 Å². The van der Waals surface area contributed by atoms with E-state index in [1.54, 1.807) is 11.9 Å². The summed E-state index contributed by atoms with van der Waals surface area (Å²) in [7, 11) is 1.55. The smallest absolute Gasteiger partial charge is 0.168 e. The van der Waals surface area contributed by atoms with Crippen molar-refractivity contribution in [2.24, 2.45) is 0 Å². The van der Waals surface area contributed by atoms with E-state index in [0.717, 1.165) is 6.07 Å². The molecule has 0 saturated heterocycles. The molecule has 84 valence electrons. The van der Waals surface area contributed by atoms with Gasteiger partial charge in [-0.2, -0.15) is 0 Å². The van der Waals surface area contributed by atoms with Crippen LogP contribution in [-0.2, 0) is 0 Å². The molecule has 1 aromatic rings. The Morgan fingerprint density at radius 1 is 1.27 bits per heavy atom. The van der Waals surface area contributed by atoms with Crippen LogP contribution in [0.1, 0.15) is 13.8 Å². The molecule has 0 aliphatic rings. The molecule has 1 heterocycles. The van der Waals surface area contributed by atoms with Gasteiger partial charge in [0.25, 0.3) is 0 Å². The molecule has 0 atom stereocenters. The average Bonchev–Trinajstić information content (AvgIpc) is 2.22. The van der Waals surface area contributed by atoms with Crippen molar-refractivity contribution in [3.8, 4) is 0 Å². The third-order valence-corrected chi connectivity index (χ3v) is 2.21. The van der Waals surface area contributed by atoms with E-state index in [0.29, 0.717) is 13.1 Å². The fraction of sp³-hybridized carbons (Fsp3) is 0.500. The molecule has 0 saturated carbocycles. The summed E-state index contributed by atoms with van der Waals surface area (Å²) >= 11 is 0. The van der Waals surface area contributed by atoms with E-state index < -0.39 is 11.6 Å². The first-order chi connectivity index (χ1) is 7.13. The van der Waals surface area contributed by atoms with Gasteiger partial charge in [0.2, 0.25) is 0 Å². The van der Waals surface area contributed by atoms with Gasteiger partial charge in [0.15, 0.2) is 23.3 Å². The number of aromatic nitrogens is 1. The summed E-state index contributed by atoms with van der Waals surface area (Å²) in [5.41, 5.74) is 0. The van der Waals surface area contributed by atoms with Gasteiger partial charge in [-0.3, -0.25) is 0 Å². The third-order valence-electron chi connectivity index (χ3n) is 2.21.